The maximum atomic E-state index is 3.51. The Kier molecular flexibility index (Phi) is 5.23. The molecule has 2 rings (SSSR count). The van der Waals surface area contributed by atoms with E-state index in [-0.39, 0.29) is 0 Å². The van der Waals surface area contributed by atoms with Crippen molar-refractivity contribution in [1.29, 1.82) is 0 Å². The lowest BCUT2D eigenvalue weighted by molar-refractivity contribution is 0.268. The normalized spacial score (nSPS) is 19.2. The van der Waals surface area contributed by atoms with Crippen LogP contribution < -0.4 is 5.32 Å². The van der Waals surface area contributed by atoms with Crippen LogP contribution >= 0.6 is 0 Å². The molecule has 17 heavy (non-hydrogen) atoms. The molecule has 0 radical (unpaired) electrons. The maximum absolute atomic E-state index is 3.51. The van der Waals surface area contributed by atoms with Crippen LogP contribution in [0.15, 0.2) is 36.0 Å². The van der Waals surface area contributed by atoms with Crippen molar-refractivity contribution in [3.8, 4) is 0 Å². The van der Waals surface area contributed by atoms with Gasteiger partial charge in [-0.3, -0.25) is 5.32 Å². The van der Waals surface area contributed by atoms with Crippen LogP contribution in [0.1, 0.15) is 38.1 Å². The average Bonchev–Trinajstić information content (AvgIpc) is 2.33. The summed E-state index contributed by atoms with van der Waals surface area (Å²) < 4.78 is 0. The number of hydrogen-bond acceptors (Lipinski definition) is 2. The predicted molar refractivity (Wildman–Crippen MR) is 74.8 cm³/mol. The van der Waals surface area contributed by atoms with Crippen LogP contribution in [0.2, 0.25) is 0 Å². The first-order chi connectivity index (χ1) is 8.16. The number of aryl methyl sites for hydroxylation is 1. The van der Waals surface area contributed by atoms with Crippen LogP contribution in [0.5, 0.6) is 0 Å². The summed E-state index contributed by atoms with van der Waals surface area (Å²) in [6.07, 6.45) is 2.52. The monoisotopic (exact) mass is 232 g/mol. The van der Waals surface area contributed by atoms with Crippen LogP contribution in [-0.2, 0) is 0 Å². The molecule has 0 spiro atoms. The van der Waals surface area contributed by atoms with Crippen molar-refractivity contribution in [2.24, 2.45) is 0 Å². The Morgan fingerprint density at radius 1 is 1.12 bits per heavy atom. The SMILES string of the molecule is CC.CC1=CN(C)C(c2ccc(C)cc2)NC1. The van der Waals surface area contributed by atoms with Crippen molar-refractivity contribution >= 4 is 0 Å². The molecule has 1 atom stereocenters. The summed E-state index contributed by atoms with van der Waals surface area (Å²) in [7, 11) is 2.11. The molecule has 2 heteroatoms. The third-order valence-electron chi connectivity index (χ3n) is 2.80. The van der Waals surface area contributed by atoms with Crippen molar-refractivity contribution in [3.05, 3.63) is 47.2 Å². The van der Waals surface area contributed by atoms with Crippen molar-refractivity contribution < 1.29 is 0 Å². The Labute approximate surface area is 105 Å². The van der Waals surface area contributed by atoms with Gasteiger partial charge in [0.25, 0.3) is 0 Å². The minimum atomic E-state index is 0.314. The predicted octanol–water partition coefficient (Wildman–Crippen LogP) is 3.46. The van der Waals surface area contributed by atoms with Gasteiger partial charge in [0.1, 0.15) is 6.17 Å². The number of nitrogens with zero attached hydrogens (tertiary/aromatic N) is 1. The lowest BCUT2D eigenvalue weighted by Gasteiger charge is -2.33. The van der Waals surface area contributed by atoms with Crippen LogP contribution in [0.25, 0.3) is 0 Å². The third kappa shape index (κ3) is 3.60. The van der Waals surface area contributed by atoms with Crippen LogP contribution in [0.3, 0.4) is 0 Å². The highest BCUT2D eigenvalue weighted by atomic mass is 15.3. The van der Waals surface area contributed by atoms with Gasteiger partial charge in [-0.2, -0.15) is 0 Å². The molecule has 1 aliphatic rings. The molecule has 0 aliphatic carbocycles. The molecule has 0 aromatic heterocycles. The number of nitrogens with one attached hydrogen (secondary N) is 1. The molecule has 1 aromatic carbocycles. The molecule has 0 saturated heterocycles. The van der Waals surface area contributed by atoms with Crippen molar-refractivity contribution in [2.75, 3.05) is 13.6 Å². The van der Waals surface area contributed by atoms with E-state index in [9.17, 15) is 0 Å². The van der Waals surface area contributed by atoms with E-state index in [1.54, 1.807) is 0 Å². The summed E-state index contributed by atoms with van der Waals surface area (Å²) in [6.45, 7) is 9.24. The van der Waals surface area contributed by atoms with E-state index in [1.165, 1.54) is 16.7 Å². The number of hydrogen-bond donors (Lipinski definition) is 1. The molecule has 0 fully saturated rings. The minimum Gasteiger partial charge on any atom is -0.361 e. The highest BCUT2D eigenvalue weighted by Crippen LogP contribution is 2.21. The smallest absolute Gasteiger partial charge is 0.105 e. The van der Waals surface area contributed by atoms with Crippen LogP contribution in [-0.4, -0.2) is 18.5 Å². The van der Waals surface area contributed by atoms with E-state index in [1.807, 2.05) is 13.8 Å². The summed E-state index contributed by atoms with van der Waals surface area (Å²) in [5, 5.41) is 3.51. The van der Waals surface area contributed by atoms with Gasteiger partial charge in [0, 0.05) is 19.8 Å². The highest BCUT2D eigenvalue weighted by molar-refractivity contribution is 5.25. The fourth-order valence-corrected chi connectivity index (χ4v) is 1.97. The lowest BCUT2D eigenvalue weighted by Crippen LogP contribution is -2.37. The first-order valence-corrected chi connectivity index (χ1v) is 6.36. The fourth-order valence-electron chi connectivity index (χ4n) is 1.97. The molecule has 1 aromatic rings. The summed E-state index contributed by atoms with van der Waals surface area (Å²) in [6, 6.07) is 8.71. The Morgan fingerprint density at radius 2 is 1.71 bits per heavy atom. The molecule has 0 amide bonds. The van der Waals surface area contributed by atoms with Gasteiger partial charge in [-0.1, -0.05) is 43.7 Å². The van der Waals surface area contributed by atoms with Gasteiger partial charge in [0.05, 0.1) is 0 Å². The fraction of sp³-hybridized carbons (Fsp3) is 0.467. The molecule has 1 unspecified atom stereocenters. The summed E-state index contributed by atoms with van der Waals surface area (Å²) in [5.74, 6) is 0. The van der Waals surface area contributed by atoms with E-state index in [4.69, 9.17) is 0 Å². The van der Waals surface area contributed by atoms with Gasteiger partial charge in [-0.15, -0.1) is 0 Å². The van der Waals surface area contributed by atoms with Gasteiger partial charge in [0.15, 0.2) is 0 Å². The largest absolute Gasteiger partial charge is 0.361 e. The first kappa shape index (κ1) is 13.8. The molecular formula is C15H24N2. The van der Waals surface area contributed by atoms with Gasteiger partial charge in [-0.05, 0) is 25.0 Å². The Hall–Kier alpha value is -1.28. The summed E-state index contributed by atoms with van der Waals surface area (Å²) >= 11 is 0. The Bertz CT molecular complexity index is 365. The molecule has 0 saturated carbocycles. The average molecular weight is 232 g/mol. The zero-order valence-electron chi connectivity index (χ0n) is 11.6. The van der Waals surface area contributed by atoms with Gasteiger partial charge in [-0.25, -0.2) is 0 Å². The summed E-state index contributed by atoms with van der Waals surface area (Å²) in [4.78, 5) is 2.23. The van der Waals surface area contributed by atoms with Crippen molar-refractivity contribution in [1.82, 2.24) is 10.2 Å². The van der Waals surface area contributed by atoms with E-state index in [0.29, 0.717) is 6.17 Å². The van der Waals surface area contributed by atoms with E-state index in [2.05, 4.69) is 61.6 Å². The Balaban J connectivity index is 0.000000686. The van der Waals surface area contributed by atoms with Crippen molar-refractivity contribution in [3.63, 3.8) is 0 Å². The quantitative estimate of drug-likeness (QED) is 0.797. The Morgan fingerprint density at radius 3 is 2.24 bits per heavy atom. The molecule has 94 valence electrons. The van der Waals surface area contributed by atoms with Gasteiger partial charge in [0.2, 0.25) is 0 Å². The van der Waals surface area contributed by atoms with E-state index < -0.39 is 0 Å². The standard InChI is InChI=1S/C13H18N2.C2H6/c1-10-4-6-12(7-5-10)13-14-8-11(2)9-15(13)3;1-2/h4-7,9,13-14H,8H2,1-3H3;1-2H3. The zero-order chi connectivity index (χ0) is 12.8. The first-order valence-electron chi connectivity index (χ1n) is 6.36. The molecule has 1 N–H and O–H groups in total. The third-order valence-corrected chi connectivity index (χ3v) is 2.80. The molecule has 0 bridgehead atoms. The highest BCUT2D eigenvalue weighted by Gasteiger charge is 2.17. The van der Waals surface area contributed by atoms with E-state index in [0.717, 1.165) is 6.54 Å². The zero-order valence-corrected chi connectivity index (χ0v) is 11.6. The van der Waals surface area contributed by atoms with Crippen LogP contribution in [0, 0.1) is 6.92 Å². The molecular weight excluding hydrogens is 208 g/mol. The number of benzene rings is 1. The molecule has 1 heterocycles. The topological polar surface area (TPSA) is 15.3 Å². The number of rotatable bonds is 1. The molecule has 1 aliphatic heterocycles. The van der Waals surface area contributed by atoms with E-state index >= 15 is 0 Å². The minimum absolute atomic E-state index is 0.314. The van der Waals surface area contributed by atoms with Crippen LogP contribution in [0.4, 0.5) is 0 Å². The molecule has 2 nitrogen and oxygen atoms in total. The second kappa shape index (κ2) is 6.45. The second-order valence-corrected chi connectivity index (χ2v) is 4.34. The van der Waals surface area contributed by atoms with Gasteiger partial charge < -0.3 is 4.90 Å². The van der Waals surface area contributed by atoms with Gasteiger partial charge >= 0.3 is 0 Å². The van der Waals surface area contributed by atoms with Crippen molar-refractivity contribution in [2.45, 2.75) is 33.9 Å². The summed E-state index contributed by atoms with van der Waals surface area (Å²) in [5.41, 5.74) is 4.01. The lowest BCUT2D eigenvalue weighted by atomic mass is 10.1. The maximum Gasteiger partial charge on any atom is 0.105 e. The second-order valence-electron chi connectivity index (χ2n) is 4.34.